The number of cyclic esters (lactones) is 1. The average molecular weight is 396 g/mol. The zero-order valence-corrected chi connectivity index (χ0v) is 17.2. The SMILES string of the molecule is CC(C)(C)[C@@H]1OC(=O)[C@H](CCCc2ccccn2)N1C(=O)OCc1ccccc1. The predicted molar refractivity (Wildman–Crippen MR) is 109 cm³/mol. The molecule has 6 nitrogen and oxygen atoms in total. The van der Waals surface area contributed by atoms with Crippen molar-refractivity contribution >= 4 is 12.1 Å². The molecule has 2 heterocycles. The van der Waals surface area contributed by atoms with E-state index in [1.165, 1.54) is 4.90 Å². The molecule has 2 atom stereocenters. The van der Waals surface area contributed by atoms with E-state index in [4.69, 9.17) is 9.47 Å². The maximum atomic E-state index is 12.9. The molecule has 154 valence electrons. The average Bonchev–Trinajstić information content (AvgIpc) is 3.05. The molecule has 1 fully saturated rings. The minimum atomic E-state index is -0.655. The van der Waals surface area contributed by atoms with Crippen LogP contribution < -0.4 is 0 Å². The third-order valence-electron chi connectivity index (χ3n) is 4.88. The Hall–Kier alpha value is -2.89. The van der Waals surface area contributed by atoms with Crippen molar-refractivity contribution in [1.82, 2.24) is 9.88 Å². The number of aromatic nitrogens is 1. The summed E-state index contributed by atoms with van der Waals surface area (Å²) in [6, 6.07) is 14.6. The molecule has 2 aromatic rings. The van der Waals surface area contributed by atoms with E-state index in [2.05, 4.69) is 4.98 Å². The minimum Gasteiger partial charge on any atom is -0.444 e. The number of nitrogens with zero attached hydrogens (tertiary/aromatic N) is 2. The number of carbonyl (C=O) groups is 2. The molecule has 1 aliphatic heterocycles. The molecule has 1 aliphatic rings. The van der Waals surface area contributed by atoms with Gasteiger partial charge in [-0.2, -0.15) is 0 Å². The summed E-state index contributed by atoms with van der Waals surface area (Å²) in [5.41, 5.74) is 1.44. The molecule has 1 saturated heterocycles. The van der Waals surface area contributed by atoms with Crippen LogP contribution in [0.25, 0.3) is 0 Å². The Morgan fingerprint density at radius 3 is 2.52 bits per heavy atom. The van der Waals surface area contributed by atoms with Crippen LogP contribution in [-0.4, -0.2) is 34.2 Å². The van der Waals surface area contributed by atoms with Crippen molar-refractivity contribution in [2.75, 3.05) is 0 Å². The maximum Gasteiger partial charge on any atom is 0.413 e. The van der Waals surface area contributed by atoms with E-state index in [1.54, 1.807) is 6.20 Å². The van der Waals surface area contributed by atoms with E-state index < -0.39 is 23.8 Å². The number of amides is 1. The molecule has 6 heteroatoms. The van der Waals surface area contributed by atoms with Gasteiger partial charge in [0.1, 0.15) is 12.6 Å². The Morgan fingerprint density at radius 1 is 1.14 bits per heavy atom. The van der Waals surface area contributed by atoms with E-state index in [-0.39, 0.29) is 12.6 Å². The topological polar surface area (TPSA) is 68.7 Å². The molecule has 0 N–H and O–H groups in total. The zero-order chi connectivity index (χ0) is 20.9. The van der Waals surface area contributed by atoms with Gasteiger partial charge in [-0.25, -0.2) is 9.59 Å². The van der Waals surface area contributed by atoms with Gasteiger partial charge >= 0.3 is 12.1 Å². The first-order valence-corrected chi connectivity index (χ1v) is 9.95. The molecule has 1 amide bonds. The second-order valence-corrected chi connectivity index (χ2v) is 8.33. The van der Waals surface area contributed by atoms with Crippen LogP contribution in [0, 0.1) is 5.41 Å². The molecule has 0 aliphatic carbocycles. The smallest absolute Gasteiger partial charge is 0.413 e. The van der Waals surface area contributed by atoms with Gasteiger partial charge < -0.3 is 9.47 Å². The molecule has 3 rings (SSSR count). The number of pyridine rings is 1. The van der Waals surface area contributed by atoms with Crippen LogP contribution in [0.4, 0.5) is 4.79 Å². The molecular weight excluding hydrogens is 368 g/mol. The van der Waals surface area contributed by atoms with E-state index in [0.717, 1.165) is 24.1 Å². The largest absolute Gasteiger partial charge is 0.444 e. The number of rotatable bonds is 6. The van der Waals surface area contributed by atoms with Crippen LogP contribution in [0.1, 0.15) is 44.9 Å². The summed E-state index contributed by atoms with van der Waals surface area (Å²) in [6.07, 6.45) is 2.53. The van der Waals surface area contributed by atoms with Crippen LogP contribution in [0.3, 0.4) is 0 Å². The van der Waals surface area contributed by atoms with Crippen LogP contribution in [-0.2, 0) is 27.3 Å². The Bertz CT molecular complexity index is 818. The number of hydrogen-bond acceptors (Lipinski definition) is 5. The highest BCUT2D eigenvalue weighted by Crippen LogP contribution is 2.34. The molecule has 0 bridgehead atoms. The molecule has 0 unspecified atom stereocenters. The van der Waals surface area contributed by atoms with Crippen molar-refractivity contribution in [3.05, 3.63) is 66.0 Å². The summed E-state index contributed by atoms with van der Waals surface area (Å²) < 4.78 is 11.1. The highest BCUT2D eigenvalue weighted by Gasteiger charge is 2.50. The fourth-order valence-corrected chi connectivity index (χ4v) is 3.41. The number of esters is 1. The van der Waals surface area contributed by atoms with Gasteiger partial charge in [-0.15, -0.1) is 0 Å². The highest BCUT2D eigenvalue weighted by molar-refractivity contribution is 5.84. The van der Waals surface area contributed by atoms with Gasteiger partial charge in [0.05, 0.1) is 0 Å². The summed E-state index contributed by atoms with van der Waals surface area (Å²) in [4.78, 5) is 31.3. The Labute approximate surface area is 171 Å². The van der Waals surface area contributed by atoms with Crippen molar-refractivity contribution in [1.29, 1.82) is 0 Å². The molecule has 29 heavy (non-hydrogen) atoms. The van der Waals surface area contributed by atoms with Crippen molar-refractivity contribution in [3.63, 3.8) is 0 Å². The van der Waals surface area contributed by atoms with E-state index in [9.17, 15) is 9.59 Å². The quantitative estimate of drug-likeness (QED) is 0.680. The number of hydrogen-bond donors (Lipinski definition) is 0. The monoisotopic (exact) mass is 396 g/mol. The summed E-state index contributed by atoms with van der Waals surface area (Å²) >= 11 is 0. The molecule has 0 radical (unpaired) electrons. The Morgan fingerprint density at radius 2 is 1.86 bits per heavy atom. The first-order valence-electron chi connectivity index (χ1n) is 9.95. The first kappa shape index (κ1) is 20.8. The number of carbonyl (C=O) groups excluding carboxylic acids is 2. The van der Waals surface area contributed by atoms with Gasteiger partial charge in [0.25, 0.3) is 0 Å². The standard InChI is InChI=1S/C23H28N2O4/c1-23(2,3)21-25(22(27)28-16-17-10-5-4-6-11-17)19(20(26)29-21)14-9-13-18-12-7-8-15-24-18/h4-8,10-12,15,19,21H,9,13-14,16H2,1-3H3/t19-,21-/m0/s1. The van der Waals surface area contributed by atoms with E-state index >= 15 is 0 Å². The third kappa shape index (κ3) is 5.34. The van der Waals surface area contributed by atoms with Crippen molar-refractivity contribution in [2.24, 2.45) is 5.41 Å². The lowest BCUT2D eigenvalue weighted by Gasteiger charge is -2.33. The van der Waals surface area contributed by atoms with Crippen molar-refractivity contribution in [2.45, 2.75) is 58.9 Å². The first-order chi connectivity index (χ1) is 13.9. The van der Waals surface area contributed by atoms with E-state index in [0.29, 0.717) is 6.42 Å². The van der Waals surface area contributed by atoms with Gasteiger partial charge in [0.15, 0.2) is 6.23 Å². The summed E-state index contributed by atoms with van der Waals surface area (Å²) in [7, 11) is 0. The van der Waals surface area contributed by atoms with Gasteiger partial charge in [-0.1, -0.05) is 57.2 Å². The van der Waals surface area contributed by atoms with Gasteiger partial charge in [0, 0.05) is 17.3 Å². The van der Waals surface area contributed by atoms with E-state index in [1.807, 2.05) is 69.3 Å². The van der Waals surface area contributed by atoms with Crippen LogP contribution >= 0.6 is 0 Å². The zero-order valence-electron chi connectivity index (χ0n) is 17.2. The van der Waals surface area contributed by atoms with Crippen LogP contribution in [0.2, 0.25) is 0 Å². The predicted octanol–water partition coefficient (Wildman–Crippen LogP) is 4.34. The lowest BCUT2D eigenvalue weighted by molar-refractivity contribution is -0.147. The lowest BCUT2D eigenvalue weighted by atomic mass is 9.93. The Kier molecular flexibility index (Phi) is 6.52. The second-order valence-electron chi connectivity index (χ2n) is 8.33. The number of aryl methyl sites for hydroxylation is 1. The molecular formula is C23H28N2O4. The fraction of sp³-hybridized carbons (Fsp3) is 0.435. The molecule has 1 aromatic heterocycles. The third-order valence-corrected chi connectivity index (χ3v) is 4.88. The normalized spacial score (nSPS) is 19.1. The molecule has 0 saturated carbocycles. The van der Waals surface area contributed by atoms with Crippen molar-refractivity contribution in [3.8, 4) is 0 Å². The number of benzene rings is 1. The lowest BCUT2D eigenvalue weighted by Crippen LogP contribution is -2.48. The van der Waals surface area contributed by atoms with Gasteiger partial charge in [-0.3, -0.25) is 9.88 Å². The van der Waals surface area contributed by atoms with Crippen molar-refractivity contribution < 1.29 is 19.1 Å². The van der Waals surface area contributed by atoms with Gasteiger partial charge in [-0.05, 0) is 37.0 Å². The van der Waals surface area contributed by atoms with Crippen LogP contribution in [0.5, 0.6) is 0 Å². The Balaban J connectivity index is 1.68. The second kappa shape index (κ2) is 9.07. The minimum absolute atomic E-state index is 0.155. The number of ether oxygens (including phenoxy) is 2. The summed E-state index contributed by atoms with van der Waals surface area (Å²) in [5.74, 6) is -0.373. The highest BCUT2D eigenvalue weighted by atomic mass is 16.6. The van der Waals surface area contributed by atoms with Crippen LogP contribution in [0.15, 0.2) is 54.7 Å². The maximum absolute atomic E-state index is 12.9. The summed E-state index contributed by atoms with van der Waals surface area (Å²) in [5, 5.41) is 0. The summed E-state index contributed by atoms with van der Waals surface area (Å²) in [6.45, 7) is 5.98. The molecule has 1 aromatic carbocycles. The fourth-order valence-electron chi connectivity index (χ4n) is 3.41. The molecule has 0 spiro atoms. The van der Waals surface area contributed by atoms with Gasteiger partial charge in [0.2, 0.25) is 0 Å².